The van der Waals surface area contributed by atoms with E-state index in [1.807, 2.05) is 20.8 Å². The van der Waals surface area contributed by atoms with E-state index in [-0.39, 0.29) is 11.6 Å². The highest BCUT2D eigenvalue weighted by Crippen LogP contribution is 1.98. The van der Waals surface area contributed by atoms with Crippen molar-refractivity contribution < 1.29 is 19.4 Å². The summed E-state index contributed by atoms with van der Waals surface area (Å²) in [6, 6.07) is 0. The Hall–Kier alpha value is -1.52. The van der Waals surface area contributed by atoms with E-state index in [0.717, 1.165) is 6.08 Å². The van der Waals surface area contributed by atoms with Crippen molar-refractivity contribution in [2.45, 2.75) is 33.2 Å². The number of aliphatic carboxylic acids is 1. The minimum absolute atomic E-state index is 0.202. The largest absolute Gasteiger partial charge is 0.478 e. The molecule has 5 heteroatoms. The Morgan fingerprint density at radius 1 is 1.47 bits per heavy atom. The normalized spacial score (nSPS) is 9.33. The summed E-state index contributed by atoms with van der Waals surface area (Å²) in [7, 11) is 0. The number of amides is 1. The smallest absolute Gasteiger partial charge is 0.407 e. The van der Waals surface area contributed by atoms with Crippen molar-refractivity contribution in [2.24, 2.45) is 0 Å². The summed E-state index contributed by atoms with van der Waals surface area (Å²) in [4.78, 5) is 20.0. The van der Waals surface area contributed by atoms with Crippen LogP contribution >= 0.6 is 0 Å². The molecule has 88 valence electrons. The van der Waals surface area contributed by atoms with Gasteiger partial charge in [0.05, 0.1) is 6.61 Å². The number of carboxylic acids is 1. The van der Waals surface area contributed by atoms with Crippen LogP contribution < -0.4 is 5.32 Å². The van der Waals surface area contributed by atoms with Crippen LogP contribution in [0.1, 0.15) is 27.7 Å². The Kier molecular flexibility index (Phi) is 8.33. The third kappa shape index (κ3) is 19.1. The molecule has 0 fully saturated rings. The minimum atomic E-state index is -0.981. The SMILES string of the molecule is C=CC(=O)O.CCOC(=O)NC(C)(C)C. The number of rotatable bonds is 2. The minimum Gasteiger partial charge on any atom is -0.478 e. The van der Waals surface area contributed by atoms with Gasteiger partial charge in [0.1, 0.15) is 0 Å². The van der Waals surface area contributed by atoms with E-state index in [4.69, 9.17) is 5.11 Å². The number of carbonyl (C=O) groups is 2. The molecule has 0 aliphatic rings. The molecule has 0 aromatic rings. The van der Waals surface area contributed by atoms with Crippen LogP contribution in [0.4, 0.5) is 4.79 Å². The van der Waals surface area contributed by atoms with Gasteiger partial charge in [-0.25, -0.2) is 9.59 Å². The molecule has 0 bridgehead atoms. The summed E-state index contributed by atoms with van der Waals surface area (Å²) in [5, 5.41) is 10.3. The second-order valence-electron chi connectivity index (χ2n) is 3.64. The lowest BCUT2D eigenvalue weighted by molar-refractivity contribution is -0.131. The molecule has 0 spiro atoms. The van der Waals surface area contributed by atoms with E-state index in [1.54, 1.807) is 6.92 Å². The molecule has 15 heavy (non-hydrogen) atoms. The van der Waals surface area contributed by atoms with Crippen molar-refractivity contribution in [2.75, 3.05) is 6.61 Å². The van der Waals surface area contributed by atoms with Crippen LogP contribution in [0, 0.1) is 0 Å². The van der Waals surface area contributed by atoms with Gasteiger partial charge in [0.25, 0.3) is 0 Å². The molecule has 0 aliphatic heterocycles. The van der Waals surface area contributed by atoms with E-state index in [2.05, 4.69) is 16.6 Å². The molecule has 2 N–H and O–H groups in total. The van der Waals surface area contributed by atoms with E-state index >= 15 is 0 Å². The zero-order valence-corrected chi connectivity index (χ0v) is 9.66. The molecule has 0 atom stereocenters. The van der Waals surface area contributed by atoms with Crippen LogP contribution in [-0.4, -0.2) is 29.3 Å². The van der Waals surface area contributed by atoms with Gasteiger partial charge in [0.15, 0.2) is 0 Å². The molecule has 1 amide bonds. The summed E-state index contributed by atoms with van der Waals surface area (Å²) in [5.74, 6) is -0.981. The summed E-state index contributed by atoms with van der Waals surface area (Å²) in [6.45, 7) is 10.9. The zero-order valence-electron chi connectivity index (χ0n) is 9.66. The van der Waals surface area contributed by atoms with Crippen LogP contribution in [0.3, 0.4) is 0 Å². The molecular weight excluding hydrogens is 198 g/mol. The number of hydrogen-bond donors (Lipinski definition) is 2. The standard InChI is InChI=1S/C7H15NO2.C3H4O2/c1-5-10-6(9)8-7(2,3)4;1-2-3(4)5/h5H2,1-4H3,(H,8,9);2H,1H2,(H,4,5). The maximum absolute atomic E-state index is 10.7. The molecule has 0 saturated carbocycles. The fraction of sp³-hybridized carbons (Fsp3) is 0.600. The first kappa shape index (κ1) is 15.9. The van der Waals surface area contributed by atoms with Gasteiger partial charge in [-0.15, -0.1) is 0 Å². The Morgan fingerprint density at radius 3 is 2.07 bits per heavy atom. The lowest BCUT2D eigenvalue weighted by Crippen LogP contribution is -2.40. The molecule has 0 aliphatic carbocycles. The highest BCUT2D eigenvalue weighted by atomic mass is 16.5. The van der Waals surface area contributed by atoms with Gasteiger partial charge in [0, 0.05) is 11.6 Å². The third-order valence-corrected chi connectivity index (χ3v) is 0.927. The second kappa shape index (κ2) is 7.84. The molecule has 0 aromatic heterocycles. The van der Waals surface area contributed by atoms with Gasteiger partial charge >= 0.3 is 12.1 Å². The van der Waals surface area contributed by atoms with Crippen molar-refractivity contribution in [1.29, 1.82) is 0 Å². The van der Waals surface area contributed by atoms with Crippen LogP contribution in [0.2, 0.25) is 0 Å². The maximum Gasteiger partial charge on any atom is 0.407 e. The molecule has 0 aromatic carbocycles. The topological polar surface area (TPSA) is 75.6 Å². The molecule has 0 saturated heterocycles. The second-order valence-corrected chi connectivity index (χ2v) is 3.64. The molecule has 5 nitrogen and oxygen atoms in total. The predicted molar refractivity (Wildman–Crippen MR) is 57.7 cm³/mol. The van der Waals surface area contributed by atoms with Gasteiger partial charge in [-0.05, 0) is 27.7 Å². The first-order chi connectivity index (χ1) is 6.72. The Labute approximate surface area is 90.1 Å². The fourth-order valence-electron chi connectivity index (χ4n) is 0.473. The number of ether oxygens (including phenoxy) is 1. The van der Waals surface area contributed by atoms with Crippen molar-refractivity contribution in [1.82, 2.24) is 5.32 Å². The summed E-state index contributed by atoms with van der Waals surface area (Å²) in [5.41, 5.74) is -0.202. The first-order valence-corrected chi connectivity index (χ1v) is 4.53. The maximum atomic E-state index is 10.7. The highest BCUT2D eigenvalue weighted by molar-refractivity contribution is 5.78. The lowest BCUT2D eigenvalue weighted by atomic mass is 10.1. The van der Waals surface area contributed by atoms with Crippen LogP contribution in [-0.2, 0) is 9.53 Å². The van der Waals surface area contributed by atoms with Crippen molar-refractivity contribution in [3.05, 3.63) is 12.7 Å². The van der Waals surface area contributed by atoms with Crippen LogP contribution in [0.5, 0.6) is 0 Å². The number of nitrogens with one attached hydrogen (secondary N) is 1. The molecule has 0 rings (SSSR count). The summed E-state index contributed by atoms with van der Waals surface area (Å²) >= 11 is 0. The first-order valence-electron chi connectivity index (χ1n) is 4.53. The van der Waals surface area contributed by atoms with Crippen molar-refractivity contribution in [3.8, 4) is 0 Å². The van der Waals surface area contributed by atoms with E-state index in [1.165, 1.54) is 0 Å². The van der Waals surface area contributed by atoms with Gasteiger partial charge in [-0.2, -0.15) is 0 Å². The molecule has 0 radical (unpaired) electrons. The summed E-state index contributed by atoms with van der Waals surface area (Å²) in [6.07, 6.45) is 0.481. The third-order valence-electron chi connectivity index (χ3n) is 0.927. The Balaban J connectivity index is 0. The van der Waals surface area contributed by atoms with Crippen LogP contribution in [0.25, 0.3) is 0 Å². The Morgan fingerprint density at radius 2 is 1.87 bits per heavy atom. The number of hydrogen-bond acceptors (Lipinski definition) is 3. The van der Waals surface area contributed by atoms with Crippen molar-refractivity contribution in [3.63, 3.8) is 0 Å². The summed E-state index contributed by atoms with van der Waals surface area (Å²) < 4.78 is 4.67. The average molecular weight is 217 g/mol. The number of alkyl carbamates (subject to hydrolysis) is 1. The predicted octanol–water partition coefficient (Wildman–Crippen LogP) is 1.79. The molecule has 0 heterocycles. The average Bonchev–Trinajstić information content (AvgIpc) is 2.02. The van der Waals surface area contributed by atoms with Gasteiger partial charge < -0.3 is 15.2 Å². The van der Waals surface area contributed by atoms with Crippen LogP contribution in [0.15, 0.2) is 12.7 Å². The quantitative estimate of drug-likeness (QED) is 0.691. The van der Waals surface area contributed by atoms with Gasteiger partial charge in [-0.3, -0.25) is 0 Å². The van der Waals surface area contributed by atoms with E-state index in [0.29, 0.717) is 6.61 Å². The molecular formula is C10H19NO4. The van der Waals surface area contributed by atoms with E-state index < -0.39 is 5.97 Å². The highest BCUT2D eigenvalue weighted by Gasteiger charge is 2.13. The zero-order chi connectivity index (χ0) is 12.5. The van der Waals surface area contributed by atoms with Gasteiger partial charge in [0.2, 0.25) is 0 Å². The monoisotopic (exact) mass is 217 g/mol. The Bertz CT molecular complexity index is 218. The van der Waals surface area contributed by atoms with Gasteiger partial charge in [-0.1, -0.05) is 6.58 Å². The molecule has 0 unspecified atom stereocenters. The number of carbonyl (C=O) groups excluding carboxylic acids is 1. The number of carboxylic acid groups (broad SMARTS) is 1. The van der Waals surface area contributed by atoms with Crippen molar-refractivity contribution >= 4 is 12.1 Å². The lowest BCUT2D eigenvalue weighted by Gasteiger charge is -2.19. The van der Waals surface area contributed by atoms with E-state index in [9.17, 15) is 9.59 Å². The fourth-order valence-corrected chi connectivity index (χ4v) is 0.473.